The number of ether oxygens (including phenoxy) is 1. The van der Waals surface area contributed by atoms with E-state index < -0.39 is 0 Å². The van der Waals surface area contributed by atoms with Gasteiger partial charge in [-0.05, 0) is 98.7 Å². The molecule has 5 heteroatoms. The summed E-state index contributed by atoms with van der Waals surface area (Å²) in [6, 6.07) is 46.2. The van der Waals surface area contributed by atoms with Gasteiger partial charge in [0.15, 0.2) is 0 Å². The van der Waals surface area contributed by atoms with E-state index in [4.69, 9.17) is 14.7 Å². The number of nitrogens with zero attached hydrogens (tertiary/aromatic N) is 3. The smallest absolute Gasteiger partial charge is 0.137 e. The molecule has 1 aliphatic rings. The predicted molar refractivity (Wildman–Crippen MR) is 239 cm³/mol. The Morgan fingerprint density at radius 2 is 1.23 bits per heavy atom. The summed E-state index contributed by atoms with van der Waals surface area (Å²) in [6.07, 6.45) is 1.94. The van der Waals surface area contributed by atoms with Crippen LogP contribution in [0.4, 0.5) is 0 Å². The number of hydrogen-bond acceptors (Lipinski definition) is 4. The lowest BCUT2D eigenvalue weighted by Crippen LogP contribution is -2.18. The molecular formula is C51H53N3OS. The van der Waals surface area contributed by atoms with Gasteiger partial charge >= 0.3 is 0 Å². The second-order valence-electron chi connectivity index (χ2n) is 18.4. The van der Waals surface area contributed by atoms with Crippen LogP contribution >= 0.6 is 11.8 Å². The van der Waals surface area contributed by atoms with E-state index in [-0.39, 0.29) is 28.2 Å². The van der Waals surface area contributed by atoms with Gasteiger partial charge in [0.2, 0.25) is 0 Å². The van der Waals surface area contributed by atoms with Crippen molar-refractivity contribution in [3.05, 3.63) is 167 Å². The van der Waals surface area contributed by atoms with E-state index in [9.17, 15) is 0 Å². The first-order chi connectivity index (χ1) is 26.6. The number of thioether (sulfide) groups is 1. The first-order valence-corrected chi connectivity index (χ1v) is 20.8. The van der Waals surface area contributed by atoms with Crippen LogP contribution in [0.3, 0.4) is 0 Å². The van der Waals surface area contributed by atoms with Gasteiger partial charge in [-0.1, -0.05) is 129 Å². The molecular weight excluding hydrogens is 703 g/mol. The van der Waals surface area contributed by atoms with Crippen LogP contribution in [0.1, 0.15) is 102 Å². The second-order valence-corrected chi connectivity index (χ2v) is 19.4. The topological polar surface area (TPSA) is 39.4 Å². The van der Waals surface area contributed by atoms with Crippen molar-refractivity contribution in [2.24, 2.45) is 4.99 Å². The maximum Gasteiger partial charge on any atom is 0.137 e. The quantitative estimate of drug-likeness (QED) is 0.163. The van der Waals surface area contributed by atoms with E-state index in [0.717, 1.165) is 44.7 Å². The van der Waals surface area contributed by atoms with Crippen molar-refractivity contribution in [2.45, 2.75) is 90.5 Å². The maximum atomic E-state index is 6.88. The van der Waals surface area contributed by atoms with Gasteiger partial charge in [-0.15, -0.1) is 11.8 Å². The molecule has 0 amide bonds. The Balaban J connectivity index is 1.21. The normalized spacial score (nSPS) is 15.2. The Labute approximate surface area is 337 Å². The fourth-order valence-corrected chi connectivity index (χ4v) is 8.90. The number of aliphatic imine (C=N–C) groups is 1. The molecule has 0 bridgehead atoms. The number of fused-ring (bicyclic) bond motifs is 3. The highest BCUT2D eigenvalue weighted by Gasteiger charge is 2.31. The molecule has 0 fully saturated rings. The van der Waals surface area contributed by atoms with E-state index in [1.807, 2.05) is 18.0 Å². The van der Waals surface area contributed by atoms with Crippen molar-refractivity contribution in [2.75, 3.05) is 5.75 Å². The van der Waals surface area contributed by atoms with Crippen LogP contribution in [0.15, 0.2) is 139 Å². The van der Waals surface area contributed by atoms with Crippen molar-refractivity contribution in [1.82, 2.24) is 9.55 Å². The van der Waals surface area contributed by atoms with Crippen LogP contribution in [0.5, 0.6) is 11.5 Å². The first kappa shape index (κ1) is 37.8. The molecule has 3 heterocycles. The molecule has 1 atom stereocenters. The zero-order chi connectivity index (χ0) is 39.4. The van der Waals surface area contributed by atoms with E-state index in [0.29, 0.717) is 0 Å². The highest BCUT2D eigenvalue weighted by Crippen LogP contribution is 2.41. The highest BCUT2D eigenvalue weighted by atomic mass is 32.2. The van der Waals surface area contributed by atoms with Crippen LogP contribution in [-0.4, -0.2) is 26.4 Å². The van der Waals surface area contributed by atoms with Crippen LogP contribution in [0, 0.1) is 0 Å². The minimum atomic E-state index is -0.0845. The largest absolute Gasteiger partial charge is 0.457 e. The number of aromatic nitrogens is 2. The van der Waals surface area contributed by atoms with E-state index in [1.165, 1.54) is 38.6 Å². The predicted octanol–water partition coefficient (Wildman–Crippen LogP) is 13.6. The van der Waals surface area contributed by atoms with E-state index in [2.05, 4.69) is 194 Å². The third-order valence-corrected chi connectivity index (χ3v) is 12.2. The summed E-state index contributed by atoms with van der Waals surface area (Å²) in [6.45, 7) is 20.4. The Bertz CT molecular complexity index is 2530. The fraction of sp³-hybridized carbons (Fsp3) is 0.294. The van der Waals surface area contributed by atoms with Gasteiger partial charge in [0.1, 0.15) is 17.3 Å². The van der Waals surface area contributed by atoms with Crippen LogP contribution in [0.25, 0.3) is 27.6 Å². The lowest BCUT2D eigenvalue weighted by Gasteiger charge is -2.22. The van der Waals surface area contributed by atoms with E-state index in [1.54, 1.807) is 0 Å². The minimum Gasteiger partial charge on any atom is -0.457 e. The standard InChI is InChI=1S/C51H53N3OS/c1-49(2,3)36-20-23-44-42(29-36)41-22-21-39(31-45(41)54(44)46-30-37(24-25-52-46)50(4,5)6)55-40-27-35(26-38(28-40)51(7,8)9)48-53-43(32-56-48)47(33-16-12-10-13-17-33)34-18-14-11-15-19-34/h10-31,43,47H,32H2,1-9H3/t43-/m0/s1. The van der Waals surface area contributed by atoms with Crippen molar-refractivity contribution in [3.63, 3.8) is 0 Å². The average Bonchev–Trinajstić information content (AvgIpc) is 3.77. The molecule has 0 N–H and O–H groups in total. The number of rotatable bonds is 7. The first-order valence-electron chi connectivity index (χ1n) is 19.8. The Kier molecular flexibility index (Phi) is 9.73. The van der Waals surface area contributed by atoms with Crippen molar-refractivity contribution in [1.29, 1.82) is 0 Å². The molecule has 7 aromatic rings. The molecule has 0 saturated heterocycles. The molecule has 5 aromatic carbocycles. The molecule has 284 valence electrons. The summed E-state index contributed by atoms with van der Waals surface area (Å²) in [5, 5.41) is 3.46. The molecule has 56 heavy (non-hydrogen) atoms. The zero-order valence-corrected chi connectivity index (χ0v) is 35.0. The van der Waals surface area contributed by atoms with Gasteiger partial charge < -0.3 is 4.74 Å². The summed E-state index contributed by atoms with van der Waals surface area (Å²) >= 11 is 1.85. The van der Waals surface area contributed by atoms with Crippen LogP contribution < -0.4 is 4.74 Å². The molecule has 0 spiro atoms. The van der Waals surface area contributed by atoms with Gasteiger partial charge in [-0.3, -0.25) is 9.56 Å². The molecule has 2 aromatic heterocycles. The molecule has 0 aliphatic carbocycles. The van der Waals surface area contributed by atoms with Crippen LogP contribution in [0.2, 0.25) is 0 Å². The summed E-state index contributed by atoms with van der Waals surface area (Å²) in [7, 11) is 0. The number of hydrogen-bond donors (Lipinski definition) is 0. The Hall–Kier alpha value is -5.13. The van der Waals surface area contributed by atoms with Crippen molar-refractivity contribution >= 4 is 38.6 Å². The fourth-order valence-electron chi connectivity index (χ4n) is 7.81. The van der Waals surface area contributed by atoms with Gasteiger partial charge in [0.05, 0.1) is 22.1 Å². The third kappa shape index (κ3) is 7.54. The summed E-state index contributed by atoms with van der Waals surface area (Å²) in [5.74, 6) is 3.61. The molecule has 0 saturated carbocycles. The van der Waals surface area contributed by atoms with Crippen molar-refractivity contribution in [3.8, 4) is 17.3 Å². The lowest BCUT2D eigenvalue weighted by molar-refractivity contribution is 0.479. The van der Waals surface area contributed by atoms with Gasteiger partial charge in [-0.2, -0.15) is 0 Å². The molecule has 1 aliphatic heterocycles. The van der Waals surface area contributed by atoms with Gasteiger partial charge in [0.25, 0.3) is 0 Å². The molecule has 0 radical (unpaired) electrons. The maximum absolute atomic E-state index is 6.88. The van der Waals surface area contributed by atoms with Gasteiger partial charge in [-0.25, -0.2) is 4.98 Å². The monoisotopic (exact) mass is 755 g/mol. The Morgan fingerprint density at radius 3 is 1.88 bits per heavy atom. The van der Waals surface area contributed by atoms with Gasteiger partial charge in [0, 0.05) is 40.3 Å². The zero-order valence-electron chi connectivity index (χ0n) is 34.2. The molecule has 4 nitrogen and oxygen atoms in total. The summed E-state index contributed by atoms with van der Waals surface area (Å²) < 4.78 is 9.18. The summed E-state index contributed by atoms with van der Waals surface area (Å²) in [5.41, 5.74) is 9.60. The highest BCUT2D eigenvalue weighted by molar-refractivity contribution is 8.14. The van der Waals surface area contributed by atoms with Crippen molar-refractivity contribution < 1.29 is 4.74 Å². The van der Waals surface area contributed by atoms with E-state index >= 15 is 0 Å². The molecule has 0 unspecified atom stereocenters. The lowest BCUT2D eigenvalue weighted by atomic mass is 9.85. The third-order valence-electron chi connectivity index (χ3n) is 11.1. The number of pyridine rings is 1. The Morgan fingerprint density at radius 1 is 0.589 bits per heavy atom. The SMILES string of the molecule is CC(C)(C)c1cc(Oc2ccc3c4cc(C(C)(C)C)ccc4n(-c4cc(C(C)(C)C)ccn4)c3c2)cc(C2=N[C@H](C(c3ccccc3)c3ccccc3)CS2)c1. The average molecular weight is 756 g/mol. The number of benzene rings is 5. The second kappa shape index (κ2) is 14.4. The molecule has 8 rings (SSSR count). The summed E-state index contributed by atoms with van der Waals surface area (Å²) in [4.78, 5) is 10.4. The minimum absolute atomic E-state index is 0.00811. The van der Waals surface area contributed by atoms with Crippen LogP contribution in [-0.2, 0) is 16.2 Å².